The van der Waals surface area contributed by atoms with Crippen molar-refractivity contribution in [3.63, 3.8) is 0 Å². The molecule has 0 aromatic heterocycles. The molecule has 14 heavy (non-hydrogen) atoms. The molecule has 0 spiro atoms. The molecule has 0 N–H and O–H groups in total. The zero-order chi connectivity index (χ0) is 10.4. The van der Waals surface area contributed by atoms with E-state index in [-0.39, 0.29) is 6.10 Å². The highest BCUT2D eigenvalue weighted by Gasteiger charge is 1.99. The van der Waals surface area contributed by atoms with E-state index in [1.165, 1.54) is 0 Å². The molecule has 1 aromatic rings. The van der Waals surface area contributed by atoms with Gasteiger partial charge in [0.15, 0.2) is 0 Å². The van der Waals surface area contributed by atoms with Crippen LogP contribution in [0.1, 0.15) is 13.8 Å². The van der Waals surface area contributed by atoms with Crippen molar-refractivity contribution in [2.24, 2.45) is 0 Å². The Morgan fingerprint density at radius 2 is 1.93 bits per heavy atom. The molecule has 0 radical (unpaired) electrons. The van der Waals surface area contributed by atoms with Crippen LogP contribution in [0.25, 0.3) is 0 Å². The molecule has 0 aliphatic carbocycles. The second-order valence-corrected chi connectivity index (χ2v) is 3.61. The molecule has 1 rings (SSSR count). The second-order valence-electron chi connectivity index (χ2n) is 3.20. The maximum atomic E-state index is 5.90. The van der Waals surface area contributed by atoms with Crippen molar-refractivity contribution < 1.29 is 9.47 Å². The molecule has 0 saturated heterocycles. The topological polar surface area (TPSA) is 18.5 Å². The monoisotopic (exact) mass is 214 g/mol. The highest BCUT2D eigenvalue weighted by Crippen LogP contribution is 2.22. The third kappa shape index (κ3) is 3.99. The Bertz CT molecular complexity index is 274. The summed E-state index contributed by atoms with van der Waals surface area (Å²) >= 11 is 5.90. The lowest BCUT2D eigenvalue weighted by Gasteiger charge is -2.09. The number of hydrogen-bond acceptors (Lipinski definition) is 2. The molecule has 0 aliphatic heterocycles. The lowest BCUT2D eigenvalue weighted by Crippen LogP contribution is -2.11. The fourth-order valence-corrected chi connectivity index (χ4v) is 1.19. The molecule has 0 heterocycles. The lowest BCUT2D eigenvalue weighted by molar-refractivity contribution is 0.0553. The van der Waals surface area contributed by atoms with Gasteiger partial charge in [-0.1, -0.05) is 23.7 Å². The standard InChI is InChI=1S/C11H15ClO2/c1-9(2)13-7-8-14-11-6-4-3-5-10(11)12/h3-6,9H,7-8H2,1-2H3. The molecular formula is C11H15ClO2. The van der Waals surface area contributed by atoms with Gasteiger partial charge < -0.3 is 9.47 Å². The molecule has 78 valence electrons. The van der Waals surface area contributed by atoms with Gasteiger partial charge >= 0.3 is 0 Å². The van der Waals surface area contributed by atoms with E-state index < -0.39 is 0 Å². The largest absolute Gasteiger partial charge is 0.490 e. The Morgan fingerprint density at radius 3 is 2.57 bits per heavy atom. The van der Waals surface area contributed by atoms with Crippen LogP contribution in [-0.4, -0.2) is 19.3 Å². The molecule has 0 unspecified atom stereocenters. The Balaban J connectivity index is 2.28. The van der Waals surface area contributed by atoms with E-state index >= 15 is 0 Å². The van der Waals surface area contributed by atoms with Crippen LogP contribution in [0.15, 0.2) is 24.3 Å². The van der Waals surface area contributed by atoms with Gasteiger partial charge in [0.1, 0.15) is 12.4 Å². The van der Waals surface area contributed by atoms with Crippen molar-refractivity contribution in [3.05, 3.63) is 29.3 Å². The average Bonchev–Trinajstić information content (AvgIpc) is 2.15. The van der Waals surface area contributed by atoms with E-state index in [1.807, 2.05) is 32.0 Å². The van der Waals surface area contributed by atoms with Crippen molar-refractivity contribution in [2.45, 2.75) is 20.0 Å². The summed E-state index contributed by atoms with van der Waals surface area (Å²) in [6, 6.07) is 7.42. The quantitative estimate of drug-likeness (QED) is 0.702. The molecule has 0 amide bonds. The van der Waals surface area contributed by atoms with Crippen LogP contribution < -0.4 is 4.74 Å². The third-order valence-electron chi connectivity index (χ3n) is 1.63. The van der Waals surface area contributed by atoms with E-state index in [0.717, 1.165) is 0 Å². The Hall–Kier alpha value is -0.730. The van der Waals surface area contributed by atoms with Gasteiger partial charge in [0.2, 0.25) is 0 Å². The van der Waals surface area contributed by atoms with Crippen LogP contribution in [0.3, 0.4) is 0 Å². The minimum absolute atomic E-state index is 0.241. The first-order valence-electron chi connectivity index (χ1n) is 4.69. The lowest BCUT2D eigenvalue weighted by atomic mass is 10.3. The predicted molar refractivity (Wildman–Crippen MR) is 58.0 cm³/mol. The van der Waals surface area contributed by atoms with Gasteiger partial charge in [0.05, 0.1) is 17.7 Å². The number of rotatable bonds is 5. The summed E-state index contributed by atoms with van der Waals surface area (Å²) in [4.78, 5) is 0. The zero-order valence-corrected chi connectivity index (χ0v) is 9.25. The summed E-state index contributed by atoms with van der Waals surface area (Å²) < 4.78 is 10.8. The van der Waals surface area contributed by atoms with Crippen molar-refractivity contribution in [3.8, 4) is 5.75 Å². The summed E-state index contributed by atoms with van der Waals surface area (Å²) in [7, 11) is 0. The van der Waals surface area contributed by atoms with E-state index in [2.05, 4.69) is 0 Å². The number of hydrogen-bond donors (Lipinski definition) is 0. The smallest absolute Gasteiger partial charge is 0.138 e. The van der Waals surface area contributed by atoms with Gasteiger partial charge in [-0.3, -0.25) is 0 Å². The first-order valence-corrected chi connectivity index (χ1v) is 5.07. The summed E-state index contributed by atoms with van der Waals surface area (Å²) in [5.41, 5.74) is 0. The molecule has 0 saturated carbocycles. The van der Waals surface area contributed by atoms with Crippen molar-refractivity contribution in [2.75, 3.05) is 13.2 Å². The van der Waals surface area contributed by atoms with Crippen LogP contribution in [0.4, 0.5) is 0 Å². The Labute approximate surface area is 89.8 Å². The number of benzene rings is 1. The first kappa shape index (κ1) is 11.3. The van der Waals surface area contributed by atoms with Gasteiger partial charge in [-0.25, -0.2) is 0 Å². The van der Waals surface area contributed by atoms with E-state index in [0.29, 0.717) is 24.0 Å². The highest BCUT2D eigenvalue weighted by molar-refractivity contribution is 6.32. The molecule has 1 aromatic carbocycles. The van der Waals surface area contributed by atoms with Crippen LogP contribution >= 0.6 is 11.6 Å². The Kier molecular flexibility index (Phi) is 4.77. The SMILES string of the molecule is CC(C)OCCOc1ccccc1Cl. The van der Waals surface area contributed by atoms with Gasteiger partial charge in [-0.15, -0.1) is 0 Å². The van der Waals surface area contributed by atoms with Gasteiger partial charge in [0, 0.05) is 0 Å². The highest BCUT2D eigenvalue weighted by atomic mass is 35.5. The summed E-state index contributed by atoms with van der Waals surface area (Å²) in [6.45, 7) is 5.11. The molecule has 0 aliphatic rings. The van der Waals surface area contributed by atoms with E-state index in [1.54, 1.807) is 6.07 Å². The molecule has 3 heteroatoms. The number of para-hydroxylation sites is 1. The third-order valence-corrected chi connectivity index (χ3v) is 1.94. The fourth-order valence-electron chi connectivity index (χ4n) is 0.997. The molecule has 0 atom stereocenters. The number of ether oxygens (including phenoxy) is 2. The summed E-state index contributed by atoms with van der Waals surface area (Å²) in [5.74, 6) is 0.710. The summed E-state index contributed by atoms with van der Waals surface area (Å²) in [5, 5.41) is 0.636. The Morgan fingerprint density at radius 1 is 1.21 bits per heavy atom. The van der Waals surface area contributed by atoms with Gasteiger partial charge in [-0.05, 0) is 26.0 Å². The normalized spacial score (nSPS) is 10.6. The average molecular weight is 215 g/mol. The minimum atomic E-state index is 0.241. The van der Waals surface area contributed by atoms with Crippen LogP contribution in [0.5, 0.6) is 5.75 Å². The van der Waals surface area contributed by atoms with E-state index in [9.17, 15) is 0 Å². The molecule has 2 nitrogen and oxygen atoms in total. The maximum Gasteiger partial charge on any atom is 0.138 e. The van der Waals surface area contributed by atoms with Crippen molar-refractivity contribution >= 4 is 11.6 Å². The van der Waals surface area contributed by atoms with Crippen molar-refractivity contribution in [1.82, 2.24) is 0 Å². The molecule has 0 bridgehead atoms. The van der Waals surface area contributed by atoms with Crippen LogP contribution in [0, 0.1) is 0 Å². The van der Waals surface area contributed by atoms with Crippen LogP contribution in [-0.2, 0) is 4.74 Å². The molecule has 0 fully saturated rings. The fraction of sp³-hybridized carbons (Fsp3) is 0.455. The number of halogens is 1. The first-order chi connectivity index (χ1) is 6.70. The van der Waals surface area contributed by atoms with E-state index in [4.69, 9.17) is 21.1 Å². The summed E-state index contributed by atoms with van der Waals surface area (Å²) in [6.07, 6.45) is 0.241. The van der Waals surface area contributed by atoms with Crippen molar-refractivity contribution in [1.29, 1.82) is 0 Å². The molecular weight excluding hydrogens is 200 g/mol. The van der Waals surface area contributed by atoms with Crippen LogP contribution in [0.2, 0.25) is 5.02 Å². The predicted octanol–water partition coefficient (Wildman–Crippen LogP) is 3.14. The minimum Gasteiger partial charge on any atom is -0.490 e. The maximum absolute atomic E-state index is 5.90. The second kappa shape index (κ2) is 5.89. The van der Waals surface area contributed by atoms with Gasteiger partial charge in [-0.2, -0.15) is 0 Å². The zero-order valence-electron chi connectivity index (χ0n) is 8.50. The van der Waals surface area contributed by atoms with Gasteiger partial charge in [0.25, 0.3) is 0 Å².